The first-order valence-electron chi connectivity index (χ1n) is 7.64. The number of nitrogens with zero attached hydrogens (tertiary/aromatic N) is 2. The molecule has 0 spiro atoms. The number of para-hydroxylation sites is 2. The molecule has 4 aromatic rings. The zero-order valence-electron chi connectivity index (χ0n) is 12.8. The lowest BCUT2D eigenvalue weighted by atomic mass is 10.2. The molecule has 2 N–H and O–H groups in total. The third kappa shape index (κ3) is 2.92. The maximum Gasteiger partial charge on any atom is 0.240 e. The van der Waals surface area contributed by atoms with E-state index >= 15 is 0 Å². The predicted molar refractivity (Wildman–Crippen MR) is 97.6 cm³/mol. The van der Waals surface area contributed by atoms with Crippen molar-refractivity contribution in [1.82, 2.24) is 19.9 Å². The van der Waals surface area contributed by atoms with Gasteiger partial charge in [-0.25, -0.2) is 4.98 Å². The lowest BCUT2D eigenvalue weighted by Crippen LogP contribution is -2.27. The zero-order chi connectivity index (χ0) is 16.5. The van der Waals surface area contributed by atoms with Crippen molar-refractivity contribution in [2.24, 2.45) is 0 Å². The number of hydrogen-bond donors (Lipinski definition) is 2. The van der Waals surface area contributed by atoms with Crippen LogP contribution >= 0.6 is 15.9 Å². The van der Waals surface area contributed by atoms with Gasteiger partial charge in [0.2, 0.25) is 5.91 Å². The quantitative estimate of drug-likeness (QED) is 0.566. The summed E-state index contributed by atoms with van der Waals surface area (Å²) in [4.78, 5) is 19.9. The molecule has 0 aliphatic heterocycles. The minimum absolute atomic E-state index is 0.0482. The van der Waals surface area contributed by atoms with Crippen molar-refractivity contribution in [2.75, 3.05) is 0 Å². The SMILES string of the molecule is O=C(Cn1ccc2ccc(Br)cc21)NCc1nc2ccccc2[nH]1. The Kier molecular flexibility index (Phi) is 3.82. The average molecular weight is 383 g/mol. The topological polar surface area (TPSA) is 62.7 Å². The second-order valence-electron chi connectivity index (χ2n) is 5.62. The number of fused-ring (bicyclic) bond motifs is 2. The molecule has 0 aliphatic carbocycles. The van der Waals surface area contributed by atoms with Crippen LogP contribution in [0.25, 0.3) is 21.9 Å². The molecule has 0 aliphatic rings. The van der Waals surface area contributed by atoms with Crippen LogP contribution in [0.15, 0.2) is 59.2 Å². The number of hydrogen-bond acceptors (Lipinski definition) is 2. The van der Waals surface area contributed by atoms with Gasteiger partial charge in [0, 0.05) is 16.2 Å². The Balaban J connectivity index is 1.45. The van der Waals surface area contributed by atoms with E-state index in [1.165, 1.54) is 0 Å². The highest BCUT2D eigenvalue weighted by atomic mass is 79.9. The Morgan fingerprint density at radius 2 is 2.08 bits per heavy atom. The Bertz CT molecular complexity index is 1000. The summed E-state index contributed by atoms with van der Waals surface area (Å²) in [7, 11) is 0. The molecule has 24 heavy (non-hydrogen) atoms. The first-order valence-corrected chi connectivity index (χ1v) is 8.43. The van der Waals surface area contributed by atoms with E-state index in [0.717, 1.165) is 32.2 Å². The molecule has 0 fully saturated rings. The summed E-state index contributed by atoms with van der Waals surface area (Å²) in [5.74, 6) is 0.706. The van der Waals surface area contributed by atoms with E-state index in [2.05, 4.69) is 31.2 Å². The highest BCUT2D eigenvalue weighted by molar-refractivity contribution is 9.10. The van der Waals surface area contributed by atoms with Crippen molar-refractivity contribution in [1.29, 1.82) is 0 Å². The predicted octanol–water partition coefficient (Wildman–Crippen LogP) is 3.60. The molecule has 0 atom stereocenters. The summed E-state index contributed by atoms with van der Waals surface area (Å²) in [6.45, 7) is 0.663. The van der Waals surface area contributed by atoms with E-state index in [0.29, 0.717) is 6.54 Å². The number of carbonyl (C=O) groups excluding carboxylic acids is 1. The number of aromatic nitrogens is 3. The number of H-pyrrole nitrogens is 1. The summed E-state index contributed by atoms with van der Waals surface area (Å²) in [5, 5.41) is 4.03. The Morgan fingerprint density at radius 1 is 1.21 bits per heavy atom. The van der Waals surface area contributed by atoms with Gasteiger partial charge in [0.15, 0.2) is 0 Å². The minimum Gasteiger partial charge on any atom is -0.347 e. The normalized spacial score (nSPS) is 11.2. The summed E-state index contributed by atoms with van der Waals surface area (Å²) in [6, 6.07) is 15.9. The van der Waals surface area contributed by atoms with Crippen LogP contribution in [0.4, 0.5) is 0 Å². The maximum absolute atomic E-state index is 12.2. The number of halogens is 1. The van der Waals surface area contributed by atoms with Crippen molar-refractivity contribution >= 4 is 43.8 Å². The summed E-state index contributed by atoms with van der Waals surface area (Å²) >= 11 is 3.47. The van der Waals surface area contributed by atoms with Gasteiger partial charge < -0.3 is 14.9 Å². The molecular weight excluding hydrogens is 368 g/mol. The van der Waals surface area contributed by atoms with Gasteiger partial charge in [-0.05, 0) is 35.7 Å². The zero-order valence-corrected chi connectivity index (χ0v) is 14.4. The Morgan fingerprint density at radius 3 is 2.96 bits per heavy atom. The second kappa shape index (κ2) is 6.13. The van der Waals surface area contributed by atoms with Crippen molar-refractivity contribution in [3.8, 4) is 0 Å². The Hall–Kier alpha value is -2.60. The molecule has 0 saturated heterocycles. The highest BCUT2D eigenvalue weighted by Gasteiger charge is 2.08. The molecule has 0 saturated carbocycles. The van der Waals surface area contributed by atoms with Crippen molar-refractivity contribution in [3.63, 3.8) is 0 Å². The van der Waals surface area contributed by atoms with E-state index in [1.807, 2.05) is 59.3 Å². The third-order valence-corrected chi connectivity index (χ3v) is 4.43. The fourth-order valence-electron chi connectivity index (χ4n) is 2.78. The van der Waals surface area contributed by atoms with Gasteiger partial charge in [-0.15, -0.1) is 0 Å². The van der Waals surface area contributed by atoms with Crippen molar-refractivity contribution < 1.29 is 4.79 Å². The van der Waals surface area contributed by atoms with Gasteiger partial charge in [-0.2, -0.15) is 0 Å². The number of carbonyl (C=O) groups is 1. The lowest BCUT2D eigenvalue weighted by molar-refractivity contribution is -0.121. The summed E-state index contributed by atoms with van der Waals surface area (Å²) < 4.78 is 2.94. The van der Waals surface area contributed by atoms with Crippen LogP contribution in [0.3, 0.4) is 0 Å². The number of amides is 1. The van der Waals surface area contributed by atoms with E-state index < -0.39 is 0 Å². The van der Waals surface area contributed by atoms with Crippen LogP contribution in [0, 0.1) is 0 Å². The van der Waals surface area contributed by atoms with Crippen LogP contribution < -0.4 is 5.32 Å². The van der Waals surface area contributed by atoms with Gasteiger partial charge in [0.25, 0.3) is 0 Å². The van der Waals surface area contributed by atoms with Crippen LogP contribution in [0.5, 0.6) is 0 Å². The molecule has 1 amide bonds. The molecule has 0 bridgehead atoms. The van der Waals surface area contributed by atoms with Crippen molar-refractivity contribution in [3.05, 3.63) is 65.0 Å². The summed E-state index contributed by atoms with van der Waals surface area (Å²) in [5.41, 5.74) is 2.91. The first kappa shape index (κ1) is 15.0. The number of imidazole rings is 1. The van der Waals surface area contributed by atoms with E-state index in [1.54, 1.807) is 0 Å². The Labute approximate surface area is 146 Å². The number of benzene rings is 2. The standard InChI is InChI=1S/C18H15BrN4O/c19-13-6-5-12-7-8-23(16(12)9-13)11-18(24)20-10-17-21-14-3-1-2-4-15(14)22-17/h1-9H,10-11H2,(H,20,24)(H,21,22). The van der Waals surface area contributed by atoms with Crippen LogP contribution in [0.1, 0.15) is 5.82 Å². The highest BCUT2D eigenvalue weighted by Crippen LogP contribution is 2.20. The van der Waals surface area contributed by atoms with Gasteiger partial charge in [-0.1, -0.05) is 34.1 Å². The number of nitrogens with one attached hydrogen (secondary N) is 2. The van der Waals surface area contributed by atoms with Crippen LogP contribution in [-0.4, -0.2) is 20.4 Å². The fraction of sp³-hybridized carbons (Fsp3) is 0.111. The average Bonchev–Trinajstić information content (AvgIpc) is 3.17. The smallest absolute Gasteiger partial charge is 0.240 e. The molecule has 2 aromatic carbocycles. The molecule has 2 heterocycles. The third-order valence-electron chi connectivity index (χ3n) is 3.94. The second-order valence-corrected chi connectivity index (χ2v) is 6.54. The first-order chi connectivity index (χ1) is 11.7. The van der Waals surface area contributed by atoms with Gasteiger partial charge >= 0.3 is 0 Å². The minimum atomic E-state index is -0.0482. The molecule has 6 heteroatoms. The van der Waals surface area contributed by atoms with Crippen molar-refractivity contribution in [2.45, 2.75) is 13.1 Å². The molecule has 5 nitrogen and oxygen atoms in total. The van der Waals surface area contributed by atoms with E-state index in [9.17, 15) is 4.79 Å². The lowest BCUT2D eigenvalue weighted by Gasteiger charge is -2.06. The largest absolute Gasteiger partial charge is 0.347 e. The number of rotatable bonds is 4. The summed E-state index contributed by atoms with van der Waals surface area (Å²) in [6.07, 6.45) is 1.93. The van der Waals surface area contributed by atoms with E-state index in [-0.39, 0.29) is 12.5 Å². The van der Waals surface area contributed by atoms with Gasteiger partial charge in [0.05, 0.1) is 17.6 Å². The van der Waals surface area contributed by atoms with Crippen LogP contribution in [0.2, 0.25) is 0 Å². The molecule has 4 rings (SSSR count). The van der Waals surface area contributed by atoms with Crippen LogP contribution in [-0.2, 0) is 17.9 Å². The van der Waals surface area contributed by atoms with E-state index in [4.69, 9.17) is 0 Å². The van der Waals surface area contributed by atoms with Gasteiger partial charge in [-0.3, -0.25) is 4.79 Å². The molecule has 0 radical (unpaired) electrons. The molecular formula is C18H15BrN4O. The fourth-order valence-corrected chi connectivity index (χ4v) is 3.13. The van der Waals surface area contributed by atoms with Gasteiger partial charge in [0.1, 0.15) is 12.4 Å². The molecule has 2 aromatic heterocycles. The number of aromatic amines is 1. The molecule has 0 unspecified atom stereocenters. The molecule has 120 valence electrons. The maximum atomic E-state index is 12.2. The monoisotopic (exact) mass is 382 g/mol.